The van der Waals surface area contributed by atoms with E-state index < -0.39 is 36.6 Å². The molecule has 0 saturated carbocycles. The van der Waals surface area contributed by atoms with Gasteiger partial charge in [-0.2, -0.15) is 0 Å². The predicted molar refractivity (Wildman–Crippen MR) is 44.4 cm³/mol. The molecule has 1 saturated heterocycles. The Hall–Kier alpha value is 0.0900. The van der Waals surface area contributed by atoms with Gasteiger partial charge in [0, 0.05) is 8.48 Å². The molecule has 1 aliphatic rings. The van der Waals surface area contributed by atoms with Gasteiger partial charge in [0.25, 0.3) is 0 Å². The summed E-state index contributed by atoms with van der Waals surface area (Å²) in [5.41, 5.74) is -1.69. The third-order valence-corrected chi connectivity index (χ3v) is 2.47. The molecule has 2 unspecified atom stereocenters. The van der Waals surface area contributed by atoms with Crippen LogP contribution >= 0.6 is 11.6 Å². The molecule has 1 rings (SSSR count). The molecule has 0 spiro atoms. The number of aliphatic hydroxyl groups excluding tert-OH is 3. The smallest absolute Gasteiger partial charge is 0.186 e. The summed E-state index contributed by atoms with van der Waals surface area (Å²) in [6.45, 7) is -0.664. The lowest BCUT2D eigenvalue weighted by molar-refractivity contribution is -0.181. The summed E-state index contributed by atoms with van der Waals surface area (Å²) in [7, 11) is 1.28. The molecule has 1 fully saturated rings. The first-order valence-corrected chi connectivity index (χ1v) is 4.17. The number of aliphatic hydroxyl groups is 3. The van der Waals surface area contributed by atoms with Gasteiger partial charge in [0.15, 0.2) is 6.29 Å². The largest absolute Gasteiger partial charge is 0.393 e. The Balaban J connectivity index is 2.89. The molecule has 6 heteroatoms. The van der Waals surface area contributed by atoms with Gasteiger partial charge in [-0.1, -0.05) is 0 Å². The van der Waals surface area contributed by atoms with E-state index in [0.717, 1.165) is 0 Å². The Labute approximate surface area is 82.2 Å². The maximum atomic E-state index is 9.56. The van der Waals surface area contributed by atoms with Gasteiger partial charge in [-0.15, -0.1) is 11.6 Å². The second kappa shape index (κ2) is 4.08. The second-order valence-corrected chi connectivity index (χ2v) is 3.10. The Morgan fingerprint density at radius 2 is 2.31 bits per heavy atom. The van der Waals surface area contributed by atoms with Crippen molar-refractivity contribution in [2.45, 2.75) is 24.1 Å². The first-order valence-electron chi connectivity index (χ1n) is 4.31. The SMILES string of the molecule is [2H]C(Cl)[C@]1(CO)OC(OC)[C@H](O)[C@@H]1O. The number of hydrogen-bond donors (Lipinski definition) is 3. The predicted octanol–water partition coefficient (Wildman–Crippen LogP) is -1.32. The number of halogens is 1. The van der Waals surface area contributed by atoms with Crippen molar-refractivity contribution >= 4 is 11.6 Å². The fourth-order valence-electron chi connectivity index (χ4n) is 1.24. The van der Waals surface area contributed by atoms with Crippen LogP contribution in [0.1, 0.15) is 1.37 Å². The molecule has 0 amide bonds. The van der Waals surface area contributed by atoms with Crippen LogP contribution in [0.25, 0.3) is 0 Å². The van der Waals surface area contributed by atoms with E-state index >= 15 is 0 Å². The van der Waals surface area contributed by atoms with Crippen molar-refractivity contribution in [2.75, 3.05) is 19.6 Å². The molecular weight excluding hydrogens is 200 g/mol. The number of methoxy groups -OCH3 is 1. The van der Waals surface area contributed by atoms with Crippen LogP contribution in [0, 0.1) is 0 Å². The Morgan fingerprint density at radius 1 is 1.69 bits per heavy atom. The minimum absolute atomic E-state index is 0.664. The summed E-state index contributed by atoms with van der Waals surface area (Å²) in [6, 6.07) is 0. The van der Waals surface area contributed by atoms with Crippen molar-refractivity contribution in [1.29, 1.82) is 0 Å². The van der Waals surface area contributed by atoms with Gasteiger partial charge in [0.2, 0.25) is 0 Å². The van der Waals surface area contributed by atoms with E-state index in [0.29, 0.717) is 0 Å². The summed E-state index contributed by atoms with van der Waals surface area (Å²) in [5, 5.41) is 28.0. The lowest BCUT2D eigenvalue weighted by Crippen LogP contribution is -2.47. The standard InChI is InChI=1S/C7H13ClO5/c1-12-6-4(10)5(11)7(2-8,3-9)13-6/h4-6,9-11H,2-3H2,1H3/t4-,5+,6?,7-/m1/s1/i2D/t2?,4-,5+,6?,7-. The maximum absolute atomic E-state index is 9.56. The average molecular weight is 214 g/mol. The average Bonchev–Trinajstić information content (AvgIpc) is 2.42. The molecule has 0 aromatic heterocycles. The van der Waals surface area contributed by atoms with Gasteiger partial charge >= 0.3 is 0 Å². The van der Waals surface area contributed by atoms with Crippen molar-refractivity contribution in [2.24, 2.45) is 0 Å². The van der Waals surface area contributed by atoms with Crippen LogP contribution in [0.2, 0.25) is 0 Å². The molecule has 3 N–H and O–H groups in total. The molecule has 5 nitrogen and oxygen atoms in total. The molecule has 5 atom stereocenters. The van der Waals surface area contributed by atoms with Gasteiger partial charge in [-0.3, -0.25) is 0 Å². The Kier molecular flexibility index (Phi) is 3.02. The summed E-state index contributed by atoms with van der Waals surface area (Å²) >= 11 is 5.48. The van der Waals surface area contributed by atoms with E-state index in [2.05, 4.69) is 0 Å². The van der Waals surface area contributed by atoms with Crippen LogP contribution in [-0.4, -0.2) is 59.0 Å². The van der Waals surface area contributed by atoms with Gasteiger partial charge in [0.1, 0.15) is 17.8 Å². The van der Waals surface area contributed by atoms with Gasteiger partial charge in [-0.25, -0.2) is 0 Å². The normalized spacial score (nSPS) is 49.0. The van der Waals surface area contributed by atoms with Crippen molar-refractivity contribution in [1.82, 2.24) is 0 Å². The van der Waals surface area contributed by atoms with Crippen LogP contribution in [0.3, 0.4) is 0 Å². The highest BCUT2D eigenvalue weighted by molar-refractivity contribution is 6.18. The maximum Gasteiger partial charge on any atom is 0.186 e. The van der Waals surface area contributed by atoms with Crippen molar-refractivity contribution in [3.63, 3.8) is 0 Å². The molecule has 0 aliphatic carbocycles. The molecule has 0 aromatic carbocycles. The Morgan fingerprint density at radius 3 is 2.54 bits per heavy atom. The van der Waals surface area contributed by atoms with Crippen molar-refractivity contribution in [3.05, 3.63) is 0 Å². The van der Waals surface area contributed by atoms with Gasteiger partial charge in [-0.05, 0) is 0 Å². The van der Waals surface area contributed by atoms with E-state index in [4.69, 9.17) is 27.6 Å². The molecule has 0 aromatic rings. The molecule has 1 heterocycles. The number of ether oxygens (including phenoxy) is 2. The zero-order valence-corrected chi connectivity index (χ0v) is 7.81. The topological polar surface area (TPSA) is 79.2 Å². The zero-order valence-electron chi connectivity index (χ0n) is 8.05. The highest BCUT2D eigenvalue weighted by Crippen LogP contribution is 2.32. The van der Waals surface area contributed by atoms with Crippen LogP contribution in [0.15, 0.2) is 0 Å². The van der Waals surface area contributed by atoms with Crippen LogP contribution in [0.5, 0.6) is 0 Å². The van der Waals surface area contributed by atoms with Crippen molar-refractivity contribution < 1.29 is 26.2 Å². The van der Waals surface area contributed by atoms with Crippen LogP contribution < -0.4 is 0 Å². The monoisotopic (exact) mass is 213 g/mol. The highest BCUT2D eigenvalue weighted by Gasteiger charge is 2.53. The lowest BCUT2D eigenvalue weighted by atomic mass is 9.99. The molecular formula is C7H13ClO5. The molecule has 13 heavy (non-hydrogen) atoms. The summed E-state index contributed by atoms with van der Waals surface area (Å²) < 4.78 is 17.0. The van der Waals surface area contributed by atoms with Gasteiger partial charge in [0.05, 0.1) is 12.5 Å². The quantitative estimate of drug-likeness (QED) is 0.507. The number of rotatable bonds is 3. The third kappa shape index (κ3) is 1.68. The number of hydrogen-bond acceptors (Lipinski definition) is 5. The lowest BCUT2D eigenvalue weighted by Gasteiger charge is -2.26. The van der Waals surface area contributed by atoms with E-state index in [-0.39, 0.29) is 0 Å². The molecule has 0 radical (unpaired) electrons. The van der Waals surface area contributed by atoms with E-state index in [9.17, 15) is 10.2 Å². The minimum Gasteiger partial charge on any atom is -0.393 e. The molecule has 78 valence electrons. The number of alkyl halides is 1. The minimum atomic E-state index is -1.69. The summed E-state index contributed by atoms with van der Waals surface area (Å²) in [5.74, 6) is -1.39. The molecule has 0 bridgehead atoms. The highest BCUT2D eigenvalue weighted by atomic mass is 35.5. The van der Waals surface area contributed by atoms with Gasteiger partial charge < -0.3 is 24.8 Å². The second-order valence-electron chi connectivity index (χ2n) is 2.88. The van der Waals surface area contributed by atoms with Crippen LogP contribution in [0.4, 0.5) is 0 Å². The van der Waals surface area contributed by atoms with E-state index in [1.54, 1.807) is 0 Å². The Bertz CT molecular complexity index is 205. The van der Waals surface area contributed by atoms with Crippen LogP contribution in [-0.2, 0) is 9.47 Å². The summed E-state index contributed by atoms with van der Waals surface area (Å²) in [4.78, 5) is 0. The zero-order chi connectivity index (χ0) is 10.9. The first kappa shape index (κ1) is 9.64. The van der Waals surface area contributed by atoms with Crippen molar-refractivity contribution in [3.8, 4) is 0 Å². The fraction of sp³-hybridized carbons (Fsp3) is 1.00. The van der Waals surface area contributed by atoms with E-state index in [1.165, 1.54) is 7.11 Å². The van der Waals surface area contributed by atoms with E-state index in [1.807, 2.05) is 0 Å². The first-order chi connectivity index (χ1) is 6.49. The third-order valence-electron chi connectivity index (χ3n) is 2.10. The summed E-state index contributed by atoms with van der Waals surface area (Å²) in [6.07, 6.45) is -3.85. The fourth-order valence-corrected chi connectivity index (χ4v) is 1.49. The molecule has 1 aliphatic heterocycles.